The molecule has 0 unspecified atom stereocenters. The van der Waals surface area contributed by atoms with E-state index in [0.29, 0.717) is 22.3 Å². The zero-order valence-electron chi connectivity index (χ0n) is 15.8. The molecule has 0 saturated heterocycles. The SMILES string of the molecule is Cc1cc(C)n2c(SCC(=O)N3c4ccccc4NC(=O)C[C@H]3C)nnc2n1. The summed E-state index contributed by atoms with van der Waals surface area (Å²) in [4.78, 5) is 31.3. The predicted molar refractivity (Wildman–Crippen MR) is 108 cm³/mol. The number of nitrogens with zero attached hydrogens (tertiary/aromatic N) is 5. The highest BCUT2D eigenvalue weighted by Crippen LogP contribution is 2.32. The number of nitrogens with one attached hydrogen (secondary N) is 1. The van der Waals surface area contributed by atoms with Gasteiger partial charge in [0.1, 0.15) is 0 Å². The quantitative estimate of drug-likeness (QED) is 0.684. The Kier molecular flexibility index (Phi) is 4.76. The maximum atomic E-state index is 13.1. The lowest BCUT2D eigenvalue weighted by Crippen LogP contribution is -2.40. The topological polar surface area (TPSA) is 92.5 Å². The van der Waals surface area contributed by atoms with Gasteiger partial charge < -0.3 is 10.2 Å². The number of hydrogen-bond acceptors (Lipinski definition) is 6. The van der Waals surface area contributed by atoms with E-state index in [1.54, 1.807) is 4.90 Å². The Balaban J connectivity index is 1.60. The number of benzene rings is 1. The molecule has 0 radical (unpaired) electrons. The number of carbonyl (C=O) groups excluding carboxylic acids is 2. The maximum Gasteiger partial charge on any atom is 0.256 e. The summed E-state index contributed by atoms with van der Waals surface area (Å²) in [5, 5.41) is 11.8. The molecule has 1 N–H and O–H groups in total. The van der Waals surface area contributed by atoms with Gasteiger partial charge in [-0.15, -0.1) is 10.2 Å². The molecule has 1 aromatic carbocycles. The van der Waals surface area contributed by atoms with Crippen LogP contribution in [-0.2, 0) is 9.59 Å². The van der Waals surface area contributed by atoms with Crippen molar-refractivity contribution in [3.8, 4) is 0 Å². The zero-order valence-corrected chi connectivity index (χ0v) is 16.7. The summed E-state index contributed by atoms with van der Waals surface area (Å²) in [6, 6.07) is 9.07. The van der Waals surface area contributed by atoms with Crippen molar-refractivity contribution in [3.05, 3.63) is 41.7 Å². The van der Waals surface area contributed by atoms with Crippen LogP contribution in [0.25, 0.3) is 5.78 Å². The van der Waals surface area contributed by atoms with E-state index in [0.717, 1.165) is 11.4 Å². The first kappa shape index (κ1) is 18.4. The largest absolute Gasteiger partial charge is 0.324 e. The molecular formula is C19H20N6O2S. The van der Waals surface area contributed by atoms with Gasteiger partial charge in [0.05, 0.1) is 17.1 Å². The summed E-state index contributed by atoms with van der Waals surface area (Å²) < 4.78 is 1.84. The van der Waals surface area contributed by atoms with E-state index in [4.69, 9.17) is 0 Å². The van der Waals surface area contributed by atoms with Crippen LogP contribution in [-0.4, -0.2) is 43.2 Å². The van der Waals surface area contributed by atoms with E-state index in [1.165, 1.54) is 11.8 Å². The van der Waals surface area contributed by atoms with Gasteiger partial charge in [0, 0.05) is 23.9 Å². The highest BCUT2D eigenvalue weighted by molar-refractivity contribution is 7.99. The van der Waals surface area contributed by atoms with Gasteiger partial charge in [-0.25, -0.2) is 4.98 Å². The van der Waals surface area contributed by atoms with Crippen LogP contribution in [0.5, 0.6) is 0 Å². The van der Waals surface area contributed by atoms with Gasteiger partial charge in [-0.05, 0) is 39.0 Å². The fourth-order valence-corrected chi connectivity index (χ4v) is 4.30. The van der Waals surface area contributed by atoms with Crippen molar-refractivity contribution in [2.24, 2.45) is 0 Å². The molecule has 0 saturated carbocycles. The number of fused-ring (bicyclic) bond motifs is 2. The summed E-state index contributed by atoms with van der Waals surface area (Å²) >= 11 is 1.32. The summed E-state index contributed by atoms with van der Waals surface area (Å²) in [5.74, 6) is 0.524. The Morgan fingerprint density at radius 3 is 2.89 bits per heavy atom. The van der Waals surface area contributed by atoms with Crippen molar-refractivity contribution < 1.29 is 9.59 Å². The molecule has 1 aliphatic heterocycles. The van der Waals surface area contributed by atoms with Gasteiger partial charge in [0.25, 0.3) is 5.78 Å². The summed E-state index contributed by atoms with van der Waals surface area (Å²) in [6.45, 7) is 5.75. The summed E-state index contributed by atoms with van der Waals surface area (Å²) in [6.07, 6.45) is 0.251. The van der Waals surface area contributed by atoms with Crippen molar-refractivity contribution in [1.82, 2.24) is 19.6 Å². The van der Waals surface area contributed by atoms with E-state index < -0.39 is 0 Å². The monoisotopic (exact) mass is 396 g/mol. The number of thioether (sulfide) groups is 1. The molecule has 4 rings (SSSR count). The highest BCUT2D eigenvalue weighted by atomic mass is 32.2. The van der Waals surface area contributed by atoms with Gasteiger partial charge in [-0.2, -0.15) is 0 Å². The fraction of sp³-hybridized carbons (Fsp3) is 0.316. The first-order valence-electron chi connectivity index (χ1n) is 8.97. The van der Waals surface area contributed by atoms with Crippen LogP contribution < -0.4 is 10.2 Å². The molecule has 0 bridgehead atoms. The molecule has 3 heterocycles. The number of para-hydroxylation sites is 2. The van der Waals surface area contributed by atoms with Crippen molar-refractivity contribution in [3.63, 3.8) is 0 Å². The summed E-state index contributed by atoms with van der Waals surface area (Å²) in [5.41, 5.74) is 3.20. The second kappa shape index (κ2) is 7.23. The third kappa shape index (κ3) is 3.33. The van der Waals surface area contributed by atoms with Crippen LogP contribution in [0.15, 0.2) is 35.5 Å². The molecule has 0 aliphatic carbocycles. The molecule has 144 valence electrons. The lowest BCUT2D eigenvalue weighted by Gasteiger charge is -2.27. The van der Waals surface area contributed by atoms with Crippen LogP contribution in [0.1, 0.15) is 24.7 Å². The standard InChI is InChI=1S/C19H20N6O2S/c1-11-8-12(2)25-18(20-11)22-23-19(25)28-10-17(27)24-13(3)9-16(26)21-14-6-4-5-7-15(14)24/h4-8,13H,9-10H2,1-3H3,(H,21,26)/t13-/m1/s1. The smallest absolute Gasteiger partial charge is 0.256 e. The van der Waals surface area contributed by atoms with Crippen LogP contribution in [0.4, 0.5) is 11.4 Å². The average molecular weight is 396 g/mol. The van der Waals surface area contributed by atoms with Crippen molar-refractivity contribution in [2.75, 3.05) is 16.0 Å². The van der Waals surface area contributed by atoms with Gasteiger partial charge in [-0.3, -0.25) is 14.0 Å². The van der Waals surface area contributed by atoms with Gasteiger partial charge in [0.15, 0.2) is 5.16 Å². The van der Waals surface area contributed by atoms with Crippen LogP contribution in [0.3, 0.4) is 0 Å². The Hall–Kier alpha value is -2.94. The number of rotatable bonds is 3. The number of amides is 2. The molecule has 3 aromatic rings. The number of hydrogen-bond donors (Lipinski definition) is 1. The number of aryl methyl sites for hydroxylation is 2. The molecule has 0 fully saturated rings. The van der Waals surface area contributed by atoms with E-state index in [2.05, 4.69) is 20.5 Å². The minimum Gasteiger partial charge on any atom is -0.324 e. The van der Waals surface area contributed by atoms with E-state index in [9.17, 15) is 9.59 Å². The van der Waals surface area contributed by atoms with E-state index in [-0.39, 0.29) is 30.0 Å². The van der Waals surface area contributed by atoms with Crippen LogP contribution in [0, 0.1) is 13.8 Å². The molecule has 28 heavy (non-hydrogen) atoms. The minimum absolute atomic E-state index is 0.0871. The van der Waals surface area contributed by atoms with E-state index in [1.807, 2.05) is 55.5 Å². The molecule has 1 aliphatic rings. The molecular weight excluding hydrogens is 376 g/mol. The first-order valence-corrected chi connectivity index (χ1v) is 9.95. The van der Waals surface area contributed by atoms with Gasteiger partial charge >= 0.3 is 0 Å². The normalized spacial score (nSPS) is 16.6. The predicted octanol–water partition coefficient (Wildman–Crippen LogP) is 2.60. The van der Waals surface area contributed by atoms with E-state index >= 15 is 0 Å². The fourth-order valence-electron chi connectivity index (χ4n) is 3.46. The molecule has 0 spiro atoms. The third-order valence-corrected chi connectivity index (χ3v) is 5.53. The molecule has 2 aromatic heterocycles. The first-order chi connectivity index (χ1) is 13.4. The van der Waals surface area contributed by atoms with Crippen molar-refractivity contribution in [2.45, 2.75) is 38.4 Å². The highest BCUT2D eigenvalue weighted by Gasteiger charge is 2.29. The van der Waals surface area contributed by atoms with Gasteiger partial charge in [0.2, 0.25) is 11.8 Å². The number of aromatic nitrogens is 4. The molecule has 9 heteroatoms. The average Bonchev–Trinajstić information content (AvgIpc) is 2.98. The maximum absolute atomic E-state index is 13.1. The van der Waals surface area contributed by atoms with Gasteiger partial charge in [-0.1, -0.05) is 23.9 Å². The van der Waals surface area contributed by atoms with Crippen LogP contribution >= 0.6 is 11.8 Å². The van der Waals surface area contributed by atoms with Crippen molar-refractivity contribution in [1.29, 1.82) is 0 Å². The molecule has 8 nitrogen and oxygen atoms in total. The molecule has 1 atom stereocenters. The minimum atomic E-state index is -0.238. The molecule has 2 amide bonds. The Morgan fingerprint density at radius 2 is 2.07 bits per heavy atom. The Morgan fingerprint density at radius 1 is 1.29 bits per heavy atom. The second-order valence-corrected chi connectivity index (χ2v) is 7.77. The Labute approximate surface area is 166 Å². The third-order valence-electron chi connectivity index (χ3n) is 4.62. The number of anilines is 2. The lowest BCUT2D eigenvalue weighted by atomic mass is 10.2. The zero-order chi connectivity index (χ0) is 19.8. The van der Waals surface area contributed by atoms with Crippen LogP contribution in [0.2, 0.25) is 0 Å². The Bertz CT molecular complexity index is 1080. The summed E-state index contributed by atoms with van der Waals surface area (Å²) in [7, 11) is 0. The lowest BCUT2D eigenvalue weighted by molar-refractivity contribution is -0.117. The second-order valence-electron chi connectivity index (χ2n) is 6.83. The van der Waals surface area contributed by atoms with Crippen molar-refractivity contribution >= 4 is 40.7 Å². The number of carbonyl (C=O) groups is 2.